The van der Waals surface area contributed by atoms with Crippen molar-refractivity contribution in [1.82, 2.24) is 4.90 Å². The van der Waals surface area contributed by atoms with Gasteiger partial charge in [0, 0.05) is 63.9 Å². The molecular weight excluding hydrogens is 713 g/mol. The molecule has 2 aliphatic carbocycles. The van der Waals surface area contributed by atoms with E-state index >= 15 is 0 Å². The Balaban J connectivity index is 0.000000177. The number of anilines is 2. The van der Waals surface area contributed by atoms with Crippen LogP contribution in [0.25, 0.3) is 0 Å². The van der Waals surface area contributed by atoms with Crippen LogP contribution in [0, 0.1) is 11.8 Å². The molecule has 4 fully saturated rings. The molecule has 0 bridgehead atoms. The summed E-state index contributed by atoms with van der Waals surface area (Å²) in [6, 6.07) is 33.3. The van der Waals surface area contributed by atoms with E-state index < -0.39 is 0 Å². The molecule has 2 saturated carbocycles. The highest BCUT2D eigenvalue weighted by molar-refractivity contribution is 5.76. The average molecular weight is 775 g/mol. The summed E-state index contributed by atoms with van der Waals surface area (Å²) in [4.78, 5) is 18.3. The molecule has 2 unspecified atom stereocenters. The van der Waals surface area contributed by atoms with Crippen LogP contribution in [0.2, 0.25) is 0 Å². The molecule has 1 amide bonds. The maximum absolute atomic E-state index is 11.9. The quantitative estimate of drug-likeness (QED) is 0.121. The summed E-state index contributed by atoms with van der Waals surface area (Å²) < 4.78 is 24.0. The number of nitrogens with zero attached hydrogens (tertiary/aromatic N) is 3. The second-order valence-corrected chi connectivity index (χ2v) is 16.8. The molecule has 9 nitrogen and oxygen atoms in total. The average Bonchev–Trinajstić information content (AvgIpc) is 4.15. The largest absolute Gasteiger partial charge is 0.493 e. The number of amides is 1. The zero-order valence-corrected chi connectivity index (χ0v) is 34.4. The van der Waals surface area contributed by atoms with E-state index in [-0.39, 0.29) is 30.1 Å². The first kappa shape index (κ1) is 40.3. The Bertz CT molecular complexity index is 1840. The Hall–Kier alpha value is -4.89. The monoisotopic (exact) mass is 774 g/mol. The standard InChI is InChI=1S/C26H34N2O3.C22H28N2O2/c1-19(16-26(29)27(2)3)21-6-10-24(11-7-21)31-25-14-15-28(17-25)22-8-12-23(13-9-22)30-18-20-4-5-20;1-16(23)18-4-8-21(9-5-18)26-22-12-13-24(14-22)19-6-10-20(11-7-19)25-15-17-2-3-17/h6-13,19-20,25H,4-5,14-18H2,1-3H3;4-11,16-17,22H,2-3,12-15,23H2,1H3/t19-,25?;16-,22?/m10/s1. The van der Waals surface area contributed by atoms with Crippen molar-refractivity contribution in [3.8, 4) is 23.0 Å². The first-order valence-corrected chi connectivity index (χ1v) is 21.1. The van der Waals surface area contributed by atoms with Gasteiger partial charge >= 0.3 is 0 Å². The molecule has 4 atom stereocenters. The second-order valence-electron chi connectivity index (χ2n) is 16.8. The van der Waals surface area contributed by atoms with Gasteiger partial charge in [-0.05, 0) is 134 Å². The molecule has 2 heterocycles. The van der Waals surface area contributed by atoms with Crippen molar-refractivity contribution in [2.24, 2.45) is 17.6 Å². The molecule has 2 N–H and O–H groups in total. The minimum atomic E-state index is 0.0576. The summed E-state index contributed by atoms with van der Waals surface area (Å²) in [5.41, 5.74) is 10.7. The minimum Gasteiger partial charge on any atom is -0.493 e. The van der Waals surface area contributed by atoms with Gasteiger partial charge in [-0.2, -0.15) is 0 Å². The molecule has 304 valence electrons. The summed E-state index contributed by atoms with van der Waals surface area (Å²) in [5.74, 6) is 5.66. The number of hydrogen-bond acceptors (Lipinski definition) is 8. The maximum atomic E-state index is 11.9. The van der Waals surface area contributed by atoms with Crippen LogP contribution >= 0.6 is 0 Å². The molecule has 57 heavy (non-hydrogen) atoms. The lowest BCUT2D eigenvalue weighted by molar-refractivity contribution is -0.129. The van der Waals surface area contributed by atoms with Crippen molar-refractivity contribution in [2.75, 3.05) is 63.3 Å². The van der Waals surface area contributed by atoms with E-state index in [9.17, 15) is 4.79 Å². The molecule has 2 aliphatic heterocycles. The number of rotatable bonds is 16. The van der Waals surface area contributed by atoms with Gasteiger partial charge in [-0.25, -0.2) is 0 Å². The van der Waals surface area contributed by atoms with Crippen molar-refractivity contribution in [3.63, 3.8) is 0 Å². The van der Waals surface area contributed by atoms with Crippen molar-refractivity contribution in [1.29, 1.82) is 0 Å². The Morgan fingerprint density at radius 1 is 0.614 bits per heavy atom. The van der Waals surface area contributed by atoms with E-state index in [1.807, 2.05) is 43.3 Å². The zero-order chi connectivity index (χ0) is 39.7. The van der Waals surface area contributed by atoms with Crippen LogP contribution in [0.1, 0.15) is 81.9 Å². The smallest absolute Gasteiger partial charge is 0.222 e. The molecular formula is C48H62N4O5. The summed E-state index contributed by atoms with van der Waals surface area (Å²) in [6.07, 6.45) is 8.24. The van der Waals surface area contributed by atoms with Crippen LogP contribution in [0.3, 0.4) is 0 Å². The lowest BCUT2D eigenvalue weighted by Crippen LogP contribution is -2.24. The van der Waals surface area contributed by atoms with Gasteiger partial charge in [0.25, 0.3) is 0 Å². The highest BCUT2D eigenvalue weighted by atomic mass is 16.5. The van der Waals surface area contributed by atoms with E-state index in [0.717, 1.165) is 92.6 Å². The third-order valence-corrected chi connectivity index (χ3v) is 11.5. The highest BCUT2D eigenvalue weighted by Gasteiger charge is 2.27. The number of hydrogen-bond donors (Lipinski definition) is 1. The molecule has 4 aromatic rings. The molecule has 8 rings (SSSR count). The summed E-state index contributed by atoms with van der Waals surface area (Å²) in [6.45, 7) is 9.61. The van der Waals surface area contributed by atoms with Crippen molar-refractivity contribution < 1.29 is 23.7 Å². The van der Waals surface area contributed by atoms with Crippen molar-refractivity contribution in [2.45, 2.75) is 83.0 Å². The van der Waals surface area contributed by atoms with Gasteiger partial charge in [0.2, 0.25) is 5.91 Å². The second kappa shape index (κ2) is 19.0. The summed E-state index contributed by atoms with van der Waals surface area (Å²) >= 11 is 0. The number of nitrogens with two attached hydrogens (primary N) is 1. The lowest BCUT2D eigenvalue weighted by atomic mass is 9.97. The molecule has 0 aromatic heterocycles. The van der Waals surface area contributed by atoms with Crippen LogP contribution < -0.4 is 34.5 Å². The molecule has 4 aliphatic rings. The van der Waals surface area contributed by atoms with E-state index in [1.165, 1.54) is 42.6 Å². The molecule has 2 saturated heterocycles. The summed E-state index contributed by atoms with van der Waals surface area (Å²) in [5, 5.41) is 0. The predicted octanol–water partition coefficient (Wildman–Crippen LogP) is 8.87. The Morgan fingerprint density at radius 2 is 1.02 bits per heavy atom. The van der Waals surface area contributed by atoms with Gasteiger partial charge < -0.3 is 39.4 Å². The highest BCUT2D eigenvalue weighted by Crippen LogP contribution is 2.32. The number of carbonyl (C=O) groups excluding carboxylic acids is 1. The Morgan fingerprint density at radius 3 is 1.40 bits per heavy atom. The van der Waals surface area contributed by atoms with E-state index in [1.54, 1.807) is 19.0 Å². The van der Waals surface area contributed by atoms with Crippen LogP contribution in [-0.2, 0) is 4.79 Å². The van der Waals surface area contributed by atoms with Crippen LogP contribution in [-0.4, -0.2) is 76.5 Å². The first-order valence-electron chi connectivity index (χ1n) is 21.1. The van der Waals surface area contributed by atoms with E-state index in [2.05, 4.69) is 77.4 Å². The van der Waals surface area contributed by atoms with Crippen molar-refractivity contribution >= 4 is 17.3 Å². The van der Waals surface area contributed by atoms with Crippen LogP contribution in [0.15, 0.2) is 97.1 Å². The molecule has 9 heteroatoms. The van der Waals surface area contributed by atoms with E-state index in [4.69, 9.17) is 24.7 Å². The SMILES string of the molecule is C[C@H](CC(=O)N(C)C)c1ccc(OC2CCN(c3ccc(OCC4CC4)cc3)C2)cc1.C[C@H](N)c1ccc(OC2CCN(c3ccc(OCC4CC4)cc3)C2)cc1. The maximum Gasteiger partial charge on any atom is 0.222 e. The van der Waals surface area contributed by atoms with Crippen LogP contribution in [0.5, 0.6) is 23.0 Å². The number of benzene rings is 4. The predicted molar refractivity (Wildman–Crippen MR) is 229 cm³/mol. The van der Waals surface area contributed by atoms with Gasteiger partial charge in [0.1, 0.15) is 35.2 Å². The topological polar surface area (TPSA) is 89.7 Å². The molecule has 0 radical (unpaired) electrons. The molecule has 4 aromatic carbocycles. The fourth-order valence-corrected chi connectivity index (χ4v) is 7.29. The van der Waals surface area contributed by atoms with E-state index in [0.29, 0.717) is 6.42 Å². The number of carbonyl (C=O) groups is 1. The zero-order valence-electron chi connectivity index (χ0n) is 34.4. The first-order chi connectivity index (χ1) is 27.6. The van der Waals surface area contributed by atoms with Gasteiger partial charge in [0.05, 0.1) is 26.3 Å². The van der Waals surface area contributed by atoms with Gasteiger partial charge in [-0.3, -0.25) is 4.79 Å². The lowest BCUT2D eigenvalue weighted by Gasteiger charge is -2.20. The van der Waals surface area contributed by atoms with Crippen molar-refractivity contribution in [3.05, 3.63) is 108 Å². The van der Waals surface area contributed by atoms with Gasteiger partial charge in [-0.1, -0.05) is 31.2 Å². The van der Waals surface area contributed by atoms with Crippen LogP contribution in [0.4, 0.5) is 11.4 Å². The third-order valence-electron chi connectivity index (χ3n) is 11.5. The van der Waals surface area contributed by atoms with Gasteiger partial charge in [-0.15, -0.1) is 0 Å². The fourth-order valence-electron chi connectivity index (χ4n) is 7.29. The van der Waals surface area contributed by atoms with Gasteiger partial charge in [0.15, 0.2) is 0 Å². The minimum absolute atomic E-state index is 0.0576. The molecule has 0 spiro atoms. The Labute approximate surface area is 340 Å². The summed E-state index contributed by atoms with van der Waals surface area (Å²) in [7, 11) is 3.60. The number of ether oxygens (including phenoxy) is 4. The Kier molecular flexibility index (Phi) is 13.5. The third kappa shape index (κ3) is 12.1. The normalized spacial score (nSPS) is 19.9. The fraction of sp³-hybridized carbons (Fsp3) is 0.479.